The molecule has 4 rings (SSSR count). The standard InChI is InChI=1S/C20H18N2O2/c1-22(18-11-10-13-6-2-4-8-15(13)18)20(24)17-12-14-7-3-5-9-16(14)19(23)21-17/h2-9,12,18H,10-11H2,1H3,(H,21,23). The average molecular weight is 318 g/mol. The fourth-order valence-electron chi connectivity index (χ4n) is 3.59. The highest BCUT2D eigenvalue weighted by atomic mass is 16.2. The molecule has 1 atom stereocenters. The van der Waals surface area contributed by atoms with Gasteiger partial charge in [-0.3, -0.25) is 9.59 Å². The summed E-state index contributed by atoms with van der Waals surface area (Å²) in [5, 5.41) is 1.38. The second-order valence-electron chi connectivity index (χ2n) is 6.27. The van der Waals surface area contributed by atoms with E-state index in [4.69, 9.17) is 0 Å². The minimum absolute atomic E-state index is 0.0590. The lowest BCUT2D eigenvalue weighted by molar-refractivity contribution is 0.0724. The maximum absolute atomic E-state index is 12.9. The van der Waals surface area contributed by atoms with E-state index < -0.39 is 0 Å². The van der Waals surface area contributed by atoms with Crippen LogP contribution in [0.4, 0.5) is 0 Å². The van der Waals surface area contributed by atoms with E-state index in [1.165, 1.54) is 11.1 Å². The summed E-state index contributed by atoms with van der Waals surface area (Å²) in [5.74, 6) is -0.153. The number of hydrogen-bond acceptors (Lipinski definition) is 2. The van der Waals surface area contributed by atoms with Crippen LogP contribution in [-0.4, -0.2) is 22.8 Å². The van der Waals surface area contributed by atoms with Crippen LogP contribution in [0.5, 0.6) is 0 Å². The molecule has 3 aromatic rings. The number of rotatable bonds is 2. The molecule has 1 aromatic heterocycles. The van der Waals surface area contributed by atoms with E-state index >= 15 is 0 Å². The van der Waals surface area contributed by atoms with Crippen LogP contribution in [0, 0.1) is 0 Å². The zero-order valence-corrected chi connectivity index (χ0v) is 13.5. The van der Waals surface area contributed by atoms with Gasteiger partial charge in [0.15, 0.2) is 0 Å². The molecule has 2 aromatic carbocycles. The second-order valence-corrected chi connectivity index (χ2v) is 6.27. The van der Waals surface area contributed by atoms with Gasteiger partial charge in [-0.25, -0.2) is 0 Å². The van der Waals surface area contributed by atoms with Crippen molar-refractivity contribution in [1.29, 1.82) is 0 Å². The Morgan fingerprint density at radius 1 is 1.12 bits per heavy atom. The number of pyridine rings is 1. The van der Waals surface area contributed by atoms with E-state index in [0.717, 1.165) is 18.2 Å². The number of aryl methyl sites for hydroxylation is 1. The van der Waals surface area contributed by atoms with Crippen molar-refractivity contribution in [1.82, 2.24) is 9.88 Å². The quantitative estimate of drug-likeness (QED) is 0.788. The van der Waals surface area contributed by atoms with E-state index in [9.17, 15) is 9.59 Å². The lowest BCUT2D eigenvalue weighted by Gasteiger charge is -2.25. The van der Waals surface area contributed by atoms with Crippen molar-refractivity contribution in [3.8, 4) is 0 Å². The van der Waals surface area contributed by atoms with Crippen LogP contribution in [0.2, 0.25) is 0 Å². The lowest BCUT2D eigenvalue weighted by atomic mass is 10.1. The number of nitrogens with zero attached hydrogens (tertiary/aromatic N) is 1. The molecule has 1 amide bonds. The molecule has 0 saturated carbocycles. The fourth-order valence-corrected chi connectivity index (χ4v) is 3.59. The van der Waals surface area contributed by atoms with Crippen LogP contribution in [0.25, 0.3) is 10.8 Å². The summed E-state index contributed by atoms with van der Waals surface area (Å²) in [6.45, 7) is 0. The Morgan fingerprint density at radius 3 is 2.75 bits per heavy atom. The third kappa shape index (κ3) is 2.31. The van der Waals surface area contributed by atoms with Crippen molar-refractivity contribution in [3.05, 3.63) is 81.8 Å². The third-order valence-corrected chi connectivity index (χ3v) is 4.87. The molecular weight excluding hydrogens is 300 g/mol. The summed E-state index contributed by atoms with van der Waals surface area (Å²) >= 11 is 0. The Labute approximate surface area is 139 Å². The Bertz CT molecular complexity index is 990. The van der Waals surface area contributed by atoms with Gasteiger partial charge in [0.1, 0.15) is 5.69 Å². The van der Waals surface area contributed by atoms with E-state index in [0.29, 0.717) is 11.1 Å². The van der Waals surface area contributed by atoms with Crippen molar-refractivity contribution >= 4 is 16.7 Å². The molecule has 0 saturated heterocycles. The molecule has 1 N–H and O–H groups in total. The first-order chi connectivity index (χ1) is 11.6. The summed E-state index contributed by atoms with van der Waals surface area (Å²) in [5.41, 5.74) is 2.62. The van der Waals surface area contributed by atoms with Crippen molar-refractivity contribution in [2.45, 2.75) is 18.9 Å². The zero-order valence-electron chi connectivity index (χ0n) is 13.5. The lowest BCUT2D eigenvalue weighted by Crippen LogP contribution is -2.31. The van der Waals surface area contributed by atoms with Crippen molar-refractivity contribution in [2.24, 2.45) is 0 Å². The SMILES string of the molecule is CN(C(=O)c1cc2ccccc2c(=O)[nH]1)C1CCc2ccccc21. The van der Waals surface area contributed by atoms with E-state index in [-0.39, 0.29) is 17.5 Å². The van der Waals surface area contributed by atoms with Crippen LogP contribution >= 0.6 is 0 Å². The zero-order chi connectivity index (χ0) is 16.7. The second kappa shape index (κ2) is 5.64. The average Bonchev–Trinajstić information content (AvgIpc) is 3.04. The van der Waals surface area contributed by atoms with E-state index in [2.05, 4.69) is 17.1 Å². The number of H-pyrrole nitrogens is 1. The highest BCUT2D eigenvalue weighted by Gasteiger charge is 2.29. The maximum Gasteiger partial charge on any atom is 0.270 e. The number of carbonyl (C=O) groups is 1. The van der Waals surface area contributed by atoms with Gasteiger partial charge in [0.2, 0.25) is 0 Å². The van der Waals surface area contributed by atoms with Gasteiger partial charge in [-0.2, -0.15) is 0 Å². The van der Waals surface area contributed by atoms with Gasteiger partial charge in [0.25, 0.3) is 11.5 Å². The molecule has 0 radical (unpaired) electrons. The van der Waals surface area contributed by atoms with Crippen LogP contribution in [0.15, 0.2) is 59.4 Å². The van der Waals surface area contributed by atoms with Gasteiger partial charge in [-0.15, -0.1) is 0 Å². The number of hydrogen-bond donors (Lipinski definition) is 1. The normalized spacial score (nSPS) is 16.1. The summed E-state index contributed by atoms with van der Waals surface area (Å²) in [4.78, 5) is 29.6. The Kier molecular flexibility index (Phi) is 3.45. The van der Waals surface area contributed by atoms with Gasteiger partial charge in [-0.1, -0.05) is 42.5 Å². The first-order valence-electron chi connectivity index (χ1n) is 8.12. The van der Waals surface area contributed by atoms with Crippen molar-refractivity contribution in [2.75, 3.05) is 7.05 Å². The molecule has 0 fully saturated rings. The highest BCUT2D eigenvalue weighted by molar-refractivity contribution is 5.96. The van der Waals surface area contributed by atoms with Crippen LogP contribution < -0.4 is 5.56 Å². The summed E-state index contributed by atoms with van der Waals surface area (Å²) in [7, 11) is 1.81. The molecule has 24 heavy (non-hydrogen) atoms. The van der Waals surface area contributed by atoms with Crippen LogP contribution in [-0.2, 0) is 6.42 Å². The molecule has 0 bridgehead atoms. The van der Waals surface area contributed by atoms with Gasteiger partial charge in [0.05, 0.1) is 6.04 Å². The maximum atomic E-state index is 12.9. The third-order valence-electron chi connectivity index (χ3n) is 4.87. The van der Waals surface area contributed by atoms with Crippen molar-refractivity contribution < 1.29 is 4.79 Å². The van der Waals surface area contributed by atoms with E-state index in [1.54, 1.807) is 17.0 Å². The molecule has 1 aliphatic rings. The molecule has 4 heteroatoms. The predicted molar refractivity (Wildman–Crippen MR) is 94.2 cm³/mol. The predicted octanol–water partition coefficient (Wildman–Crippen LogP) is 3.29. The monoisotopic (exact) mass is 318 g/mol. The van der Waals surface area contributed by atoms with Crippen molar-refractivity contribution in [3.63, 3.8) is 0 Å². The Hall–Kier alpha value is -2.88. The highest BCUT2D eigenvalue weighted by Crippen LogP contribution is 2.35. The largest absolute Gasteiger partial charge is 0.333 e. The summed E-state index contributed by atoms with van der Waals surface area (Å²) < 4.78 is 0. The first kappa shape index (κ1) is 14.7. The van der Waals surface area contributed by atoms with Crippen LogP contribution in [0.3, 0.4) is 0 Å². The van der Waals surface area contributed by atoms with E-state index in [1.807, 2.05) is 37.4 Å². The molecular formula is C20H18N2O2. The number of nitrogens with one attached hydrogen (secondary N) is 1. The minimum atomic E-state index is -0.225. The molecule has 1 unspecified atom stereocenters. The van der Waals surface area contributed by atoms with Crippen LogP contribution in [0.1, 0.15) is 34.1 Å². The fraction of sp³-hybridized carbons (Fsp3) is 0.200. The van der Waals surface area contributed by atoms with Gasteiger partial charge in [-0.05, 0) is 41.5 Å². The number of carbonyl (C=O) groups excluding carboxylic acids is 1. The number of aromatic nitrogens is 1. The van der Waals surface area contributed by atoms with Gasteiger partial charge in [0, 0.05) is 12.4 Å². The first-order valence-corrected chi connectivity index (χ1v) is 8.12. The molecule has 1 heterocycles. The molecule has 0 aliphatic heterocycles. The summed E-state index contributed by atoms with van der Waals surface area (Å²) in [6.07, 6.45) is 1.89. The molecule has 0 spiro atoms. The number of aromatic amines is 1. The summed E-state index contributed by atoms with van der Waals surface area (Å²) in [6, 6.07) is 17.4. The molecule has 1 aliphatic carbocycles. The Balaban J connectivity index is 1.70. The number of benzene rings is 2. The van der Waals surface area contributed by atoms with Gasteiger partial charge < -0.3 is 9.88 Å². The number of fused-ring (bicyclic) bond motifs is 2. The number of amides is 1. The Morgan fingerprint density at radius 2 is 1.88 bits per heavy atom. The molecule has 120 valence electrons. The smallest absolute Gasteiger partial charge is 0.270 e. The minimum Gasteiger partial charge on any atom is -0.333 e. The molecule has 4 nitrogen and oxygen atoms in total. The van der Waals surface area contributed by atoms with Gasteiger partial charge >= 0.3 is 0 Å². The topological polar surface area (TPSA) is 53.2 Å².